The quantitative estimate of drug-likeness (QED) is 0.361. The molecule has 0 saturated heterocycles. The van der Waals surface area contributed by atoms with Gasteiger partial charge in [0.25, 0.3) is 0 Å². The first-order chi connectivity index (χ1) is 14.5. The Hall–Kier alpha value is -2.62. The molecule has 0 radical (unpaired) electrons. The van der Waals surface area contributed by atoms with E-state index < -0.39 is 0 Å². The molecule has 2 aromatic rings. The summed E-state index contributed by atoms with van der Waals surface area (Å²) in [7, 11) is 1.72. The molecule has 0 atom stereocenters. The number of pyridine rings is 1. The van der Waals surface area contributed by atoms with Crippen molar-refractivity contribution in [1.29, 1.82) is 0 Å². The Balaban J connectivity index is 1.98. The van der Waals surface area contributed by atoms with E-state index in [2.05, 4.69) is 37.1 Å². The summed E-state index contributed by atoms with van der Waals surface area (Å²) in [5, 5.41) is 2.94. The number of rotatable bonds is 12. The number of methoxy groups -OCH3 is 1. The van der Waals surface area contributed by atoms with E-state index in [-0.39, 0.29) is 11.3 Å². The fraction of sp³-hybridized carbons (Fsp3) is 0.462. The lowest BCUT2D eigenvalue weighted by atomic mass is 9.79. The summed E-state index contributed by atoms with van der Waals surface area (Å²) in [4.78, 5) is 16.2. The van der Waals surface area contributed by atoms with Crippen molar-refractivity contribution in [3.63, 3.8) is 0 Å². The molecule has 0 unspecified atom stereocenters. The van der Waals surface area contributed by atoms with Gasteiger partial charge in [-0.3, -0.25) is 9.78 Å². The Bertz CT molecular complexity index is 813. The van der Waals surface area contributed by atoms with Crippen molar-refractivity contribution in [2.45, 2.75) is 64.7 Å². The first-order valence-electron chi connectivity index (χ1n) is 11.0. The van der Waals surface area contributed by atoms with Gasteiger partial charge in [0.2, 0.25) is 5.91 Å². The second-order valence-corrected chi connectivity index (χ2v) is 8.38. The first kappa shape index (κ1) is 23.7. The van der Waals surface area contributed by atoms with E-state index >= 15 is 0 Å². The Labute approximate surface area is 181 Å². The van der Waals surface area contributed by atoms with Crippen LogP contribution >= 0.6 is 0 Å². The summed E-state index contributed by atoms with van der Waals surface area (Å²) in [5.41, 5.74) is 3.39. The third-order valence-electron chi connectivity index (χ3n) is 5.50. The van der Waals surface area contributed by atoms with Gasteiger partial charge in [-0.15, -0.1) is 0 Å². The van der Waals surface area contributed by atoms with Crippen molar-refractivity contribution >= 4 is 12.0 Å². The lowest BCUT2D eigenvalue weighted by Crippen LogP contribution is -2.23. The molecule has 0 spiro atoms. The lowest BCUT2D eigenvalue weighted by Gasteiger charge is -2.27. The largest absolute Gasteiger partial charge is 0.496 e. The van der Waals surface area contributed by atoms with Crippen LogP contribution in [0.4, 0.5) is 0 Å². The van der Waals surface area contributed by atoms with Crippen LogP contribution in [0.15, 0.2) is 48.8 Å². The number of aromatic nitrogens is 1. The number of benzene rings is 1. The average molecular weight is 409 g/mol. The zero-order valence-corrected chi connectivity index (χ0v) is 18.9. The molecular formula is C26H36N2O2. The van der Waals surface area contributed by atoms with Gasteiger partial charge in [-0.2, -0.15) is 0 Å². The maximum Gasteiger partial charge on any atom is 0.244 e. The van der Waals surface area contributed by atoms with Crippen LogP contribution in [0.3, 0.4) is 0 Å². The third-order valence-corrected chi connectivity index (χ3v) is 5.50. The molecule has 1 aromatic heterocycles. The van der Waals surface area contributed by atoms with E-state index in [9.17, 15) is 4.79 Å². The van der Waals surface area contributed by atoms with Crippen LogP contribution in [0.5, 0.6) is 5.75 Å². The normalized spacial score (nSPS) is 11.6. The van der Waals surface area contributed by atoms with Crippen molar-refractivity contribution in [2.75, 3.05) is 13.7 Å². The predicted octanol–water partition coefficient (Wildman–Crippen LogP) is 5.71. The lowest BCUT2D eigenvalue weighted by molar-refractivity contribution is -0.116. The van der Waals surface area contributed by atoms with Gasteiger partial charge in [-0.25, -0.2) is 0 Å². The molecule has 4 heteroatoms. The van der Waals surface area contributed by atoms with Crippen molar-refractivity contribution < 1.29 is 9.53 Å². The zero-order valence-electron chi connectivity index (χ0n) is 18.9. The summed E-state index contributed by atoms with van der Waals surface area (Å²) in [5.74, 6) is 0.828. The van der Waals surface area contributed by atoms with E-state index in [0.717, 1.165) is 29.7 Å². The molecule has 4 nitrogen and oxygen atoms in total. The number of hydrogen-bond donors (Lipinski definition) is 1. The van der Waals surface area contributed by atoms with Gasteiger partial charge in [0, 0.05) is 30.6 Å². The SMILES string of the molecule is CCCCCCC(C)(C)c1cc(C=CC(=O)NCCc2ccncc2)ccc1OC. The maximum absolute atomic E-state index is 12.2. The summed E-state index contributed by atoms with van der Waals surface area (Å²) in [6.07, 6.45) is 13.9. The van der Waals surface area contributed by atoms with E-state index in [1.165, 1.54) is 31.2 Å². The fourth-order valence-corrected chi connectivity index (χ4v) is 3.60. The van der Waals surface area contributed by atoms with Gasteiger partial charge < -0.3 is 10.1 Å². The Morgan fingerprint density at radius 3 is 2.60 bits per heavy atom. The van der Waals surface area contributed by atoms with E-state index in [4.69, 9.17) is 4.74 Å². The second kappa shape index (κ2) is 12.2. The van der Waals surface area contributed by atoms with Crippen LogP contribution in [0, 0.1) is 0 Å². The Kier molecular flexibility index (Phi) is 9.59. The number of nitrogens with one attached hydrogen (secondary N) is 1. The summed E-state index contributed by atoms with van der Waals surface area (Å²) in [6.45, 7) is 7.39. The summed E-state index contributed by atoms with van der Waals surface area (Å²) in [6, 6.07) is 10.1. The maximum atomic E-state index is 12.2. The highest BCUT2D eigenvalue weighted by Gasteiger charge is 2.24. The number of amides is 1. The molecule has 0 saturated carbocycles. The van der Waals surface area contributed by atoms with Crippen LogP contribution < -0.4 is 10.1 Å². The van der Waals surface area contributed by atoms with Crippen LogP contribution in [-0.2, 0) is 16.6 Å². The standard InChI is InChI=1S/C26H36N2O2/c1-5-6-7-8-16-26(2,3)23-20-22(9-11-24(23)30-4)10-12-25(29)28-19-15-21-13-17-27-18-14-21/h9-14,17-18,20H,5-8,15-16,19H2,1-4H3,(H,28,29). The molecule has 0 fully saturated rings. The molecule has 30 heavy (non-hydrogen) atoms. The predicted molar refractivity (Wildman–Crippen MR) is 125 cm³/mol. The monoisotopic (exact) mass is 408 g/mol. The highest BCUT2D eigenvalue weighted by molar-refractivity contribution is 5.91. The van der Waals surface area contributed by atoms with Gasteiger partial charge in [-0.05, 0) is 59.7 Å². The number of carbonyl (C=O) groups excluding carboxylic acids is 1. The molecule has 2 rings (SSSR count). The van der Waals surface area contributed by atoms with Gasteiger partial charge in [0.15, 0.2) is 0 Å². The van der Waals surface area contributed by atoms with E-state index in [0.29, 0.717) is 6.54 Å². The minimum Gasteiger partial charge on any atom is -0.496 e. The van der Waals surface area contributed by atoms with Gasteiger partial charge in [0.1, 0.15) is 5.75 Å². The van der Waals surface area contributed by atoms with Crippen LogP contribution in [0.2, 0.25) is 0 Å². The highest BCUT2D eigenvalue weighted by atomic mass is 16.5. The summed E-state index contributed by atoms with van der Waals surface area (Å²) < 4.78 is 5.63. The first-order valence-corrected chi connectivity index (χ1v) is 11.0. The molecule has 162 valence electrons. The number of carbonyl (C=O) groups is 1. The molecule has 1 aromatic carbocycles. The summed E-state index contributed by atoms with van der Waals surface area (Å²) >= 11 is 0. The molecule has 0 bridgehead atoms. The Morgan fingerprint density at radius 2 is 1.90 bits per heavy atom. The van der Waals surface area contributed by atoms with Crippen LogP contribution in [0.1, 0.15) is 69.6 Å². The van der Waals surface area contributed by atoms with Crippen molar-refractivity contribution in [2.24, 2.45) is 0 Å². The molecule has 1 heterocycles. The molecular weight excluding hydrogens is 372 g/mol. The van der Waals surface area contributed by atoms with Gasteiger partial charge >= 0.3 is 0 Å². The topological polar surface area (TPSA) is 51.2 Å². The second-order valence-electron chi connectivity index (χ2n) is 8.38. The number of nitrogens with zero attached hydrogens (tertiary/aromatic N) is 1. The van der Waals surface area contributed by atoms with Crippen LogP contribution in [0.25, 0.3) is 6.08 Å². The highest BCUT2D eigenvalue weighted by Crippen LogP contribution is 2.36. The third kappa shape index (κ3) is 7.66. The molecule has 0 aliphatic rings. The Morgan fingerprint density at radius 1 is 1.13 bits per heavy atom. The molecule has 1 N–H and O–H groups in total. The smallest absolute Gasteiger partial charge is 0.244 e. The fourth-order valence-electron chi connectivity index (χ4n) is 3.60. The number of unbranched alkanes of at least 4 members (excludes halogenated alkanes) is 3. The van der Waals surface area contributed by atoms with Crippen molar-refractivity contribution in [3.8, 4) is 5.75 Å². The molecule has 1 amide bonds. The van der Waals surface area contributed by atoms with Gasteiger partial charge in [0.05, 0.1) is 7.11 Å². The van der Waals surface area contributed by atoms with E-state index in [1.807, 2.05) is 30.3 Å². The molecule has 0 aliphatic heterocycles. The minimum atomic E-state index is -0.0831. The van der Waals surface area contributed by atoms with Crippen LogP contribution in [-0.4, -0.2) is 24.5 Å². The van der Waals surface area contributed by atoms with E-state index in [1.54, 1.807) is 25.6 Å². The van der Waals surface area contributed by atoms with Crippen molar-refractivity contribution in [1.82, 2.24) is 10.3 Å². The number of ether oxygens (including phenoxy) is 1. The van der Waals surface area contributed by atoms with Crippen molar-refractivity contribution in [3.05, 3.63) is 65.5 Å². The molecule has 0 aliphatic carbocycles. The number of hydrogen-bond acceptors (Lipinski definition) is 3. The van der Waals surface area contributed by atoms with Gasteiger partial charge in [-0.1, -0.05) is 52.5 Å². The minimum absolute atomic E-state index is 0.0235. The zero-order chi connectivity index (χ0) is 21.8. The average Bonchev–Trinajstić information content (AvgIpc) is 2.76.